The Labute approximate surface area is 376 Å². The van der Waals surface area contributed by atoms with Gasteiger partial charge >= 0.3 is 0 Å². The quantitative estimate of drug-likeness (QED) is 0.107. The molecule has 3 aromatic heterocycles. The number of imidazole rings is 1. The maximum atomic E-state index is 6.47. The van der Waals surface area contributed by atoms with Gasteiger partial charge in [0, 0.05) is 37.4 Å². The van der Waals surface area contributed by atoms with Gasteiger partial charge in [0.25, 0.3) is 0 Å². The number of furan rings is 1. The zero-order valence-electron chi connectivity index (χ0n) is 36.8. The molecule has 3 heterocycles. The molecule has 0 fully saturated rings. The van der Waals surface area contributed by atoms with Crippen molar-refractivity contribution >= 4 is 46.2 Å². The second-order valence-electron chi connectivity index (χ2n) is 18.0. The molecule has 9 aromatic rings. The zero-order valence-corrected chi connectivity index (χ0v) is 40.2. The van der Waals surface area contributed by atoms with E-state index < -0.39 is 8.07 Å². The fourth-order valence-electron chi connectivity index (χ4n) is 8.37. The minimum absolute atomic E-state index is 0. The summed E-state index contributed by atoms with van der Waals surface area (Å²) in [5.74, 6) is 2.12. The number of hydrogen-bond donors (Lipinski definition) is 0. The first-order chi connectivity index (χ1) is 28.9. The van der Waals surface area contributed by atoms with E-state index in [0.717, 1.165) is 62.0 Å². The first-order valence-electron chi connectivity index (χ1n) is 21.4. The van der Waals surface area contributed by atoms with Gasteiger partial charge in [-0.1, -0.05) is 144 Å². The van der Waals surface area contributed by atoms with Crippen LogP contribution in [-0.2, 0) is 26.5 Å². The van der Waals surface area contributed by atoms with Gasteiger partial charge in [-0.2, -0.15) is 0 Å². The number of para-hydroxylation sites is 3. The number of pyridine rings is 1. The summed E-state index contributed by atoms with van der Waals surface area (Å²) in [5, 5.41) is 3.68. The van der Waals surface area contributed by atoms with E-state index in [2.05, 4.69) is 186 Å². The van der Waals surface area contributed by atoms with E-state index in [1.807, 2.05) is 36.4 Å². The standard InChI is InChI=1S/C37H31N2O.C18H24NSi.Ir/c1-23(2)30-21-26(25-13-6-5-7-14-25)22-31(24(3)4)35(30)39-33-19-10-9-18-32(33)38-37(39)29-17-12-16-28-27-15-8-11-20-34(27)40-36(28)29;1-14(2)11-16-12-17(15-9-7-6-8-10-15)19-13-18(16)20(3,4)5;/h5-16,18-24H,1-4H3;6-9,12-14H,11H2,1-5H3;/q2*-1;. The summed E-state index contributed by atoms with van der Waals surface area (Å²) >= 11 is 0. The Kier molecular flexibility index (Phi) is 13.1. The monoisotopic (exact) mass is 994 g/mol. The number of rotatable bonds is 9. The molecular weight excluding hydrogens is 939 g/mol. The van der Waals surface area contributed by atoms with E-state index in [0.29, 0.717) is 17.8 Å². The van der Waals surface area contributed by atoms with Crippen LogP contribution in [0.2, 0.25) is 19.6 Å². The van der Waals surface area contributed by atoms with Gasteiger partial charge < -0.3 is 14.0 Å². The molecule has 1 radical (unpaired) electrons. The summed E-state index contributed by atoms with van der Waals surface area (Å²) in [4.78, 5) is 9.92. The number of aromatic nitrogens is 3. The molecule has 0 N–H and O–H groups in total. The summed E-state index contributed by atoms with van der Waals surface area (Å²) in [6.07, 6.45) is 3.24. The van der Waals surface area contributed by atoms with Crippen molar-refractivity contribution in [3.05, 3.63) is 168 Å². The van der Waals surface area contributed by atoms with Crippen molar-refractivity contribution in [3.8, 4) is 39.5 Å². The Morgan fingerprint density at radius 3 is 2.02 bits per heavy atom. The normalized spacial score (nSPS) is 11.7. The van der Waals surface area contributed by atoms with Crippen LogP contribution >= 0.6 is 0 Å². The molecule has 4 nitrogen and oxygen atoms in total. The van der Waals surface area contributed by atoms with Crippen molar-refractivity contribution in [1.82, 2.24) is 14.5 Å². The fraction of sp³-hybridized carbons (Fsp3) is 0.236. The molecule has 0 aliphatic rings. The molecule has 0 atom stereocenters. The van der Waals surface area contributed by atoms with Crippen LogP contribution in [0.4, 0.5) is 0 Å². The van der Waals surface area contributed by atoms with Crippen LogP contribution in [0.5, 0.6) is 0 Å². The molecule has 0 saturated heterocycles. The Balaban J connectivity index is 0.000000226. The molecule has 0 amide bonds. The Hall–Kier alpha value is -5.39. The molecule has 0 bridgehead atoms. The van der Waals surface area contributed by atoms with E-state index >= 15 is 0 Å². The largest absolute Gasteiger partial charge is 0.501 e. The second kappa shape index (κ2) is 18.3. The number of fused-ring (bicyclic) bond motifs is 4. The third-order valence-electron chi connectivity index (χ3n) is 11.3. The molecule has 61 heavy (non-hydrogen) atoms. The Morgan fingerprint density at radius 1 is 0.672 bits per heavy atom. The van der Waals surface area contributed by atoms with Gasteiger partial charge in [0.15, 0.2) is 0 Å². The van der Waals surface area contributed by atoms with Crippen LogP contribution in [0.25, 0.3) is 72.4 Å². The minimum atomic E-state index is -1.34. The third-order valence-corrected chi connectivity index (χ3v) is 13.3. The van der Waals surface area contributed by atoms with Crippen molar-refractivity contribution in [2.75, 3.05) is 0 Å². The van der Waals surface area contributed by atoms with Gasteiger partial charge in [-0.05, 0) is 87.6 Å². The number of hydrogen-bond acceptors (Lipinski definition) is 3. The minimum Gasteiger partial charge on any atom is -0.501 e. The van der Waals surface area contributed by atoms with Crippen LogP contribution in [-0.4, -0.2) is 22.6 Å². The van der Waals surface area contributed by atoms with Gasteiger partial charge in [0.05, 0.1) is 30.5 Å². The van der Waals surface area contributed by atoms with Crippen LogP contribution < -0.4 is 5.19 Å². The summed E-state index contributed by atoms with van der Waals surface area (Å²) in [7, 11) is -1.34. The molecule has 9 rings (SSSR count). The van der Waals surface area contributed by atoms with E-state index in [9.17, 15) is 0 Å². The van der Waals surface area contributed by atoms with Crippen LogP contribution in [0.15, 0.2) is 144 Å². The summed E-state index contributed by atoms with van der Waals surface area (Å²) in [6, 6.07) is 53.3. The number of benzene rings is 6. The van der Waals surface area contributed by atoms with Gasteiger partial charge in [-0.15, -0.1) is 54.1 Å². The zero-order chi connectivity index (χ0) is 42.1. The van der Waals surface area contributed by atoms with Crippen molar-refractivity contribution < 1.29 is 24.5 Å². The topological polar surface area (TPSA) is 43.9 Å². The van der Waals surface area contributed by atoms with Crippen molar-refractivity contribution in [3.63, 3.8) is 0 Å². The van der Waals surface area contributed by atoms with Crippen molar-refractivity contribution in [1.29, 1.82) is 0 Å². The van der Waals surface area contributed by atoms with Crippen LogP contribution in [0, 0.1) is 18.1 Å². The van der Waals surface area contributed by atoms with Gasteiger partial charge in [-0.3, -0.25) is 4.98 Å². The molecule has 0 saturated carbocycles. The van der Waals surface area contributed by atoms with E-state index in [1.165, 1.54) is 38.7 Å². The molecule has 0 spiro atoms. The molecule has 6 aromatic carbocycles. The van der Waals surface area contributed by atoms with E-state index in [4.69, 9.17) is 9.40 Å². The van der Waals surface area contributed by atoms with Crippen LogP contribution in [0.3, 0.4) is 0 Å². The van der Waals surface area contributed by atoms with Crippen molar-refractivity contribution in [2.24, 2.45) is 5.92 Å². The number of nitrogens with zero attached hydrogens (tertiary/aromatic N) is 3. The Bertz CT molecular complexity index is 2890. The smallest absolute Gasteiger partial charge is 0.120 e. The summed E-state index contributed by atoms with van der Waals surface area (Å²) < 4.78 is 8.83. The van der Waals surface area contributed by atoms with Crippen molar-refractivity contribution in [2.45, 2.75) is 79.4 Å². The second-order valence-corrected chi connectivity index (χ2v) is 23.0. The maximum absolute atomic E-state index is 6.47. The molecule has 0 unspecified atom stereocenters. The third kappa shape index (κ3) is 9.00. The van der Waals surface area contributed by atoms with Gasteiger partial charge in [0.2, 0.25) is 0 Å². The first kappa shape index (κ1) is 43.7. The molecule has 0 aliphatic heterocycles. The average molecular weight is 994 g/mol. The predicted octanol–water partition coefficient (Wildman–Crippen LogP) is 14.6. The summed E-state index contributed by atoms with van der Waals surface area (Å²) in [5.41, 5.74) is 14.5. The van der Waals surface area contributed by atoms with Gasteiger partial charge in [0.1, 0.15) is 5.58 Å². The SMILES string of the molecule is CC(C)Cc1cc(-c2[c-]cccc2)ncc1[Si](C)(C)C.CC(C)c1cc(-c2ccccc2)cc(C(C)C)c1-n1c(-c2[c-]ccc3c2oc2ccccc23)nc2ccccc21.[Ir]. The fourth-order valence-corrected chi connectivity index (χ4v) is 9.96. The molecule has 6 heteroatoms. The molecule has 311 valence electrons. The average Bonchev–Trinajstić information content (AvgIpc) is 3.82. The van der Waals surface area contributed by atoms with Gasteiger partial charge in [-0.25, -0.2) is 0 Å². The molecular formula is C55H55IrN3OSi-2. The van der Waals surface area contributed by atoms with E-state index in [-0.39, 0.29) is 20.1 Å². The Morgan fingerprint density at radius 2 is 1.34 bits per heavy atom. The summed E-state index contributed by atoms with van der Waals surface area (Å²) in [6.45, 7) is 20.9. The maximum Gasteiger partial charge on any atom is 0.120 e. The van der Waals surface area contributed by atoms with E-state index in [1.54, 1.807) is 0 Å². The van der Waals surface area contributed by atoms with Crippen LogP contribution in [0.1, 0.15) is 70.1 Å². The first-order valence-corrected chi connectivity index (χ1v) is 24.9. The predicted molar refractivity (Wildman–Crippen MR) is 256 cm³/mol. The molecule has 0 aliphatic carbocycles.